The lowest BCUT2D eigenvalue weighted by Crippen LogP contribution is -2.42. The van der Waals surface area contributed by atoms with E-state index >= 15 is 0 Å². The summed E-state index contributed by atoms with van der Waals surface area (Å²) in [6, 6.07) is 3.96. The highest BCUT2D eigenvalue weighted by atomic mass is 32.1. The first-order chi connectivity index (χ1) is 10.3. The molecular weight excluding hydrogens is 284 g/mol. The number of rotatable bonds is 5. The fourth-order valence-corrected chi connectivity index (χ4v) is 3.26. The Hall–Kier alpha value is -1.50. The third-order valence-electron chi connectivity index (χ3n) is 3.67. The molecule has 0 radical (unpaired) electrons. The van der Waals surface area contributed by atoms with Gasteiger partial charge in [-0.1, -0.05) is 0 Å². The molecule has 0 aromatic carbocycles. The average Bonchev–Trinajstić information content (AvgIpc) is 2.99. The number of aryl methyl sites for hydroxylation is 1. The quantitative estimate of drug-likeness (QED) is 0.914. The summed E-state index contributed by atoms with van der Waals surface area (Å²) in [5.74, 6) is 0.586. The van der Waals surface area contributed by atoms with Crippen molar-refractivity contribution >= 4 is 17.2 Å². The molecule has 21 heavy (non-hydrogen) atoms. The summed E-state index contributed by atoms with van der Waals surface area (Å²) in [5.41, 5.74) is 6.93. The van der Waals surface area contributed by atoms with E-state index in [2.05, 4.69) is 14.9 Å². The highest BCUT2D eigenvalue weighted by Gasteiger charge is 2.20. The van der Waals surface area contributed by atoms with Crippen LogP contribution in [0.3, 0.4) is 0 Å². The normalized spacial score (nSPS) is 19.7. The molecule has 1 atom stereocenters. The lowest BCUT2D eigenvalue weighted by Gasteiger charge is -2.32. The number of hydrogen-bond donors (Lipinski definition) is 1. The summed E-state index contributed by atoms with van der Waals surface area (Å²) in [4.78, 5) is 10.8. The summed E-state index contributed by atoms with van der Waals surface area (Å²) >= 11 is 1.72. The topological polar surface area (TPSA) is 64.3 Å². The molecule has 1 aliphatic heterocycles. The van der Waals surface area contributed by atoms with Crippen molar-refractivity contribution in [2.24, 2.45) is 0 Å². The van der Waals surface area contributed by atoms with E-state index in [1.54, 1.807) is 17.5 Å². The van der Waals surface area contributed by atoms with Crippen LogP contribution in [0, 0.1) is 0 Å². The minimum absolute atomic E-state index is 0.285. The second-order valence-corrected chi connectivity index (χ2v) is 6.26. The van der Waals surface area contributed by atoms with Gasteiger partial charge in [0.05, 0.1) is 19.3 Å². The first-order valence-electron chi connectivity index (χ1n) is 7.22. The number of thiazole rings is 1. The van der Waals surface area contributed by atoms with Crippen molar-refractivity contribution in [3.63, 3.8) is 0 Å². The van der Waals surface area contributed by atoms with Crippen LogP contribution in [0.5, 0.6) is 0 Å². The summed E-state index contributed by atoms with van der Waals surface area (Å²) in [7, 11) is 0. The molecule has 2 aromatic rings. The van der Waals surface area contributed by atoms with Gasteiger partial charge in [-0.25, -0.2) is 9.97 Å². The fourth-order valence-electron chi connectivity index (χ4n) is 2.60. The molecule has 1 aliphatic rings. The van der Waals surface area contributed by atoms with Gasteiger partial charge in [-0.05, 0) is 30.5 Å². The molecule has 6 heteroatoms. The van der Waals surface area contributed by atoms with Crippen LogP contribution in [0.2, 0.25) is 0 Å². The van der Waals surface area contributed by atoms with E-state index in [1.807, 2.05) is 23.7 Å². The van der Waals surface area contributed by atoms with Crippen LogP contribution < -0.4 is 5.73 Å². The number of aromatic nitrogens is 2. The number of ether oxygens (including phenoxy) is 1. The SMILES string of the molecule is Nc1cc(CCC2CN(Cc3nccs3)CCO2)ccn1. The molecule has 0 bridgehead atoms. The van der Waals surface area contributed by atoms with Crippen molar-refractivity contribution in [3.8, 4) is 0 Å². The number of anilines is 1. The smallest absolute Gasteiger partial charge is 0.123 e. The maximum atomic E-state index is 5.87. The highest BCUT2D eigenvalue weighted by molar-refractivity contribution is 7.09. The second-order valence-electron chi connectivity index (χ2n) is 5.28. The number of nitrogen functional groups attached to an aromatic ring is 1. The van der Waals surface area contributed by atoms with Crippen LogP contribution in [-0.2, 0) is 17.7 Å². The van der Waals surface area contributed by atoms with Gasteiger partial charge in [0.15, 0.2) is 0 Å². The molecule has 3 rings (SSSR count). The van der Waals surface area contributed by atoms with Crippen LogP contribution in [0.25, 0.3) is 0 Å². The Morgan fingerprint density at radius 3 is 3.14 bits per heavy atom. The molecular formula is C15H20N4OS. The fraction of sp³-hybridized carbons (Fsp3) is 0.467. The summed E-state index contributed by atoms with van der Waals surface area (Å²) in [6.45, 7) is 3.69. The molecule has 1 unspecified atom stereocenters. The molecule has 3 heterocycles. The van der Waals surface area contributed by atoms with E-state index in [9.17, 15) is 0 Å². The zero-order chi connectivity index (χ0) is 14.5. The van der Waals surface area contributed by atoms with Gasteiger partial charge in [-0.2, -0.15) is 0 Å². The Morgan fingerprint density at radius 1 is 1.38 bits per heavy atom. The number of pyridine rings is 1. The number of morpholine rings is 1. The number of hydrogen-bond acceptors (Lipinski definition) is 6. The van der Waals surface area contributed by atoms with Gasteiger partial charge in [0.2, 0.25) is 0 Å². The van der Waals surface area contributed by atoms with Crippen molar-refractivity contribution < 1.29 is 4.74 Å². The van der Waals surface area contributed by atoms with E-state index in [0.717, 1.165) is 39.1 Å². The van der Waals surface area contributed by atoms with E-state index in [0.29, 0.717) is 5.82 Å². The summed E-state index contributed by atoms with van der Waals surface area (Å²) in [5, 5.41) is 3.21. The average molecular weight is 304 g/mol. The molecule has 2 aromatic heterocycles. The first kappa shape index (κ1) is 14.4. The Bertz CT molecular complexity index is 561. The first-order valence-corrected chi connectivity index (χ1v) is 8.10. The molecule has 1 saturated heterocycles. The van der Waals surface area contributed by atoms with Crippen LogP contribution in [0.4, 0.5) is 5.82 Å². The molecule has 1 fully saturated rings. The lowest BCUT2D eigenvalue weighted by atomic mass is 10.1. The van der Waals surface area contributed by atoms with Gasteiger partial charge in [0.25, 0.3) is 0 Å². The van der Waals surface area contributed by atoms with Gasteiger partial charge < -0.3 is 10.5 Å². The molecule has 0 aliphatic carbocycles. The molecule has 0 amide bonds. The van der Waals surface area contributed by atoms with Gasteiger partial charge >= 0.3 is 0 Å². The van der Waals surface area contributed by atoms with Crippen molar-refractivity contribution in [2.45, 2.75) is 25.5 Å². The third-order valence-corrected chi connectivity index (χ3v) is 4.43. The van der Waals surface area contributed by atoms with Gasteiger partial charge in [0, 0.05) is 30.9 Å². The molecule has 0 spiro atoms. The highest BCUT2D eigenvalue weighted by Crippen LogP contribution is 2.16. The summed E-state index contributed by atoms with van der Waals surface area (Å²) in [6.07, 6.45) is 5.90. The van der Waals surface area contributed by atoms with Crippen LogP contribution >= 0.6 is 11.3 Å². The van der Waals surface area contributed by atoms with Crippen molar-refractivity contribution in [3.05, 3.63) is 40.5 Å². The van der Waals surface area contributed by atoms with Gasteiger partial charge in [-0.15, -0.1) is 11.3 Å². The summed E-state index contributed by atoms with van der Waals surface area (Å²) < 4.78 is 5.87. The van der Waals surface area contributed by atoms with E-state index in [-0.39, 0.29) is 6.10 Å². The van der Waals surface area contributed by atoms with Gasteiger partial charge in [-0.3, -0.25) is 4.90 Å². The molecule has 112 valence electrons. The Morgan fingerprint density at radius 2 is 2.33 bits per heavy atom. The predicted octanol–water partition coefficient (Wildman–Crippen LogP) is 1.95. The van der Waals surface area contributed by atoms with Crippen molar-refractivity contribution in [1.29, 1.82) is 0 Å². The van der Waals surface area contributed by atoms with E-state index in [4.69, 9.17) is 10.5 Å². The monoisotopic (exact) mass is 304 g/mol. The Kier molecular flexibility index (Phi) is 4.80. The lowest BCUT2D eigenvalue weighted by molar-refractivity contribution is -0.0345. The minimum Gasteiger partial charge on any atom is -0.384 e. The Labute approximate surface area is 128 Å². The third kappa shape index (κ3) is 4.23. The molecule has 2 N–H and O–H groups in total. The van der Waals surface area contributed by atoms with Crippen LogP contribution in [0.15, 0.2) is 29.9 Å². The van der Waals surface area contributed by atoms with Gasteiger partial charge in [0.1, 0.15) is 10.8 Å². The van der Waals surface area contributed by atoms with E-state index in [1.165, 1.54) is 10.6 Å². The zero-order valence-electron chi connectivity index (χ0n) is 11.9. The maximum absolute atomic E-state index is 5.87. The van der Waals surface area contributed by atoms with Crippen LogP contribution in [-0.4, -0.2) is 40.7 Å². The zero-order valence-corrected chi connectivity index (χ0v) is 12.8. The molecule has 5 nitrogen and oxygen atoms in total. The predicted molar refractivity (Wildman–Crippen MR) is 84.1 cm³/mol. The van der Waals surface area contributed by atoms with Crippen molar-refractivity contribution in [2.75, 3.05) is 25.4 Å². The van der Waals surface area contributed by atoms with E-state index < -0.39 is 0 Å². The second kappa shape index (κ2) is 6.98. The van der Waals surface area contributed by atoms with Crippen LogP contribution in [0.1, 0.15) is 17.0 Å². The number of nitrogens with two attached hydrogens (primary N) is 1. The maximum Gasteiger partial charge on any atom is 0.123 e. The standard InChI is InChI=1S/C15H20N4OS/c16-14-9-12(3-4-17-14)1-2-13-10-19(6-7-20-13)11-15-18-5-8-21-15/h3-5,8-9,13H,1-2,6-7,10-11H2,(H2,16,17). The minimum atomic E-state index is 0.285. The largest absolute Gasteiger partial charge is 0.384 e. The number of nitrogens with zero attached hydrogens (tertiary/aromatic N) is 3. The Balaban J connectivity index is 1.49. The molecule has 0 saturated carbocycles. The van der Waals surface area contributed by atoms with Crippen molar-refractivity contribution in [1.82, 2.24) is 14.9 Å².